The first kappa shape index (κ1) is 15.4. The molecule has 112 valence electrons. The van der Waals surface area contributed by atoms with Crippen LogP contribution in [0.5, 0.6) is 5.75 Å². The van der Waals surface area contributed by atoms with E-state index in [1.807, 2.05) is 35.6 Å². The van der Waals surface area contributed by atoms with E-state index in [0.717, 1.165) is 5.69 Å². The predicted octanol–water partition coefficient (Wildman–Crippen LogP) is 3.40. The maximum atomic E-state index is 10.7. The third-order valence-corrected chi connectivity index (χ3v) is 4.15. The molecule has 3 N–H and O–H groups in total. The molecule has 5 heteroatoms. The number of ether oxygens (including phenoxy) is 1. The Kier molecular flexibility index (Phi) is 4.85. The van der Waals surface area contributed by atoms with Gasteiger partial charge in [-0.1, -0.05) is 0 Å². The molecule has 0 aliphatic heterocycles. The molecule has 0 fully saturated rings. The average molecular weight is 304 g/mol. The number of thiophene rings is 1. The zero-order chi connectivity index (χ0) is 15.4. The Hall–Kier alpha value is -2.01. The summed E-state index contributed by atoms with van der Waals surface area (Å²) in [6, 6.07) is 9.98. The minimum absolute atomic E-state index is 0.101. The Balaban J connectivity index is 1.99. The Morgan fingerprint density at radius 1 is 1.33 bits per heavy atom. The van der Waals surface area contributed by atoms with Gasteiger partial charge in [0.25, 0.3) is 5.91 Å². The fourth-order valence-electron chi connectivity index (χ4n) is 2.21. The lowest BCUT2D eigenvalue weighted by atomic mass is 10.1. The maximum absolute atomic E-state index is 10.7. The van der Waals surface area contributed by atoms with Gasteiger partial charge in [0.05, 0.1) is 0 Å². The topological polar surface area (TPSA) is 64.3 Å². The first-order valence-electron chi connectivity index (χ1n) is 6.80. The second-order valence-electron chi connectivity index (χ2n) is 5.01. The van der Waals surface area contributed by atoms with Gasteiger partial charge in [0, 0.05) is 21.5 Å². The van der Waals surface area contributed by atoms with Gasteiger partial charge in [-0.25, -0.2) is 0 Å². The molecule has 4 nitrogen and oxygen atoms in total. The molecule has 2 aromatic rings. The molecule has 1 heterocycles. The summed E-state index contributed by atoms with van der Waals surface area (Å²) < 4.78 is 5.23. The summed E-state index contributed by atoms with van der Waals surface area (Å²) in [6.07, 6.45) is 0. The SMILES string of the molecule is Cc1cc(C(C)Nc2ccc(OCC(N)=O)cc2)c(C)s1. The highest BCUT2D eigenvalue weighted by Crippen LogP contribution is 2.29. The number of rotatable bonds is 6. The summed E-state index contributed by atoms with van der Waals surface area (Å²) >= 11 is 1.82. The second kappa shape index (κ2) is 6.63. The van der Waals surface area contributed by atoms with Crippen LogP contribution in [0.1, 0.15) is 28.3 Å². The van der Waals surface area contributed by atoms with E-state index in [9.17, 15) is 4.79 Å². The number of nitrogens with two attached hydrogens (primary N) is 1. The van der Waals surface area contributed by atoms with Gasteiger partial charge in [-0.15, -0.1) is 11.3 Å². The summed E-state index contributed by atoms with van der Waals surface area (Å²) in [5.41, 5.74) is 7.38. The maximum Gasteiger partial charge on any atom is 0.255 e. The summed E-state index contributed by atoms with van der Waals surface area (Å²) in [5.74, 6) is 0.156. The van der Waals surface area contributed by atoms with Gasteiger partial charge in [-0.05, 0) is 56.7 Å². The van der Waals surface area contributed by atoms with Crippen LogP contribution in [0.15, 0.2) is 30.3 Å². The molecule has 0 aliphatic rings. The van der Waals surface area contributed by atoms with Crippen molar-refractivity contribution >= 4 is 22.9 Å². The van der Waals surface area contributed by atoms with Gasteiger partial charge < -0.3 is 15.8 Å². The van der Waals surface area contributed by atoms with Crippen molar-refractivity contribution in [2.24, 2.45) is 5.73 Å². The highest BCUT2D eigenvalue weighted by atomic mass is 32.1. The van der Waals surface area contributed by atoms with E-state index in [1.54, 1.807) is 0 Å². The van der Waals surface area contributed by atoms with Crippen LogP contribution in [0.3, 0.4) is 0 Å². The quantitative estimate of drug-likeness (QED) is 0.859. The Bertz CT molecular complexity index is 620. The minimum Gasteiger partial charge on any atom is -0.484 e. The van der Waals surface area contributed by atoms with Crippen molar-refractivity contribution in [3.8, 4) is 5.75 Å². The zero-order valence-corrected chi connectivity index (χ0v) is 13.3. The third kappa shape index (κ3) is 4.23. The van der Waals surface area contributed by atoms with Gasteiger partial charge in [0.2, 0.25) is 0 Å². The number of hydrogen-bond acceptors (Lipinski definition) is 4. The number of carbonyl (C=O) groups excluding carboxylic acids is 1. The number of aryl methyl sites for hydroxylation is 2. The number of primary amides is 1. The molecule has 0 spiro atoms. The Morgan fingerprint density at radius 3 is 2.52 bits per heavy atom. The molecule has 0 saturated heterocycles. The molecule has 0 radical (unpaired) electrons. The lowest BCUT2D eigenvalue weighted by Crippen LogP contribution is -2.19. The number of carbonyl (C=O) groups is 1. The van der Waals surface area contributed by atoms with Gasteiger partial charge >= 0.3 is 0 Å². The molecule has 1 unspecified atom stereocenters. The molecular formula is C16H20N2O2S. The smallest absolute Gasteiger partial charge is 0.255 e. The number of amides is 1. The van der Waals surface area contributed by atoms with Crippen molar-refractivity contribution in [1.82, 2.24) is 0 Å². The molecule has 2 rings (SSSR count). The van der Waals surface area contributed by atoms with Crippen molar-refractivity contribution in [2.75, 3.05) is 11.9 Å². The van der Waals surface area contributed by atoms with Crippen LogP contribution in [-0.2, 0) is 4.79 Å². The summed E-state index contributed by atoms with van der Waals surface area (Å²) in [5, 5.41) is 3.46. The van der Waals surface area contributed by atoms with Gasteiger partial charge in [-0.2, -0.15) is 0 Å². The largest absolute Gasteiger partial charge is 0.484 e. The van der Waals surface area contributed by atoms with Crippen molar-refractivity contribution in [1.29, 1.82) is 0 Å². The zero-order valence-electron chi connectivity index (χ0n) is 12.5. The number of anilines is 1. The third-order valence-electron chi connectivity index (χ3n) is 3.16. The molecule has 21 heavy (non-hydrogen) atoms. The molecule has 0 bridgehead atoms. The first-order chi connectivity index (χ1) is 9.95. The van der Waals surface area contributed by atoms with Crippen LogP contribution in [0.2, 0.25) is 0 Å². The average Bonchev–Trinajstić information content (AvgIpc) is 2.77. The molecule has 1 amide bonds. The fraction of sp³-hybridized carbons (Fsp3) is 0.312. The summed E-state index contributed by atoms with van der Waals surface area (Å²) in [4.78, 5) is 13.3. The van der Waals surface area contributed by atoms with E-state index in [-0.39, 0.29) is 12.6 Å². The van der Waals surface area contributed by atoms with E-state index in [4.69, 9.17) is 10.5 Å². The standard InChI is InChI=1S/C16H20N2O2S/c1-10-8-15(12(3)21-10)11(2)18-13-4-6-14(7-5-13)20-9-16(17)19/h4-8,11,18H,9H2,1-3H3,(H2,17,19). The highest BCUT2D eigenvalue weighted by molar-refractivity contribution is 7.12. The van der Waals surface area contributed by atoms with Crippen molar-refractivity contribution in [3.63, 3.8) is 0 Å². The van der Waals surface area contributed by atoms with E-state index >= 15 is 0 Å². The summed E-state index contributed by atoms with van der Waals surface area (Å²) in [7, 11) is 0. The molecular weight excluding hydrogens is 284 g/mol. The summed E-state index contributed by atoms with van der Waals surface area (Å²) in [6.45, 7) is 6.31. The molecule has 1 aromatic heterocycles. The van der Waals surface area contributed by atoms with Gasteiger partial charge in [-0.3, -0.25) is 4.79 Å². The van der Waals surface area contributed by atoms with Crippen LogP contribution >= 0.6 is 11.3 Å². The van der Waals surface area contributed by atoms with Crippen LogP contribution in [0.25, 0.3) is 0 Å². The second-order valence-corrected chi connectivity index (χ2v) is 6.47. The Labute approximate surface area is 128 Å². The van der Waals surface area contributed by atoms with E-state index in [0.29, 0.717) is 5.75 Å². The number of nitrogens with one attached hydrogen (secondary N) is 1. The first-order valence-corrected chi connectivity index (χ1v) is 7.62. The lowest BCUT2D eigenvalue weighted by Gasteiger charge is -2.15. The highest BCUT2D eigenvalue weighted by Gasteiger charge is 2.11. The number of benzene rings is 1. The van der Waals surface area contributed by atoms with Crippen LogP contribution < -0.4 is 15.8 Å². The molecule has 0 aliphatic carbocycles. The van der Waals surface area contributed by atoms with E-state index in [1.165, 1.54) is 15.3 Å². The molecule has 1 atom stereocenters. The lowest BCUT2D eigenvalue weighted by molar-refractivity contribution is -0.119. The van der Waals surface area contributed by atoms with Crippen LogP contribution in [-0.4, -0.2) is 12.5 Å². The minimum atomic E-state index is -0.478. The molecule has 0 saturated carbocycles. The van der Waals surface area contributed by atoms with Crippen molar-refractivity contribution in [2.45, 2.75) is 26.8 Å². The van der Waals surface area contributed by atoms with Crippen molar-refractivity contribution in [3.05, 3.63) is 45.6 Å². The van der Waals surface area contributed by atoms with Gasteiger partial charge in [0.1, 0.15) is 5.75 Å². The van der Waals surface area contributed by atoms with Crippen LogP contribution in [0, 0.1) is 13.8 Å². The normalized spacial score (nSPS) is 12.0. The Morgan fingerprint density at radius 2 is 2.00 bits per heavy atom. The monoisotopic (exact) mass is 304 g/mol. The van der Waals surface area contributed by atoms with E-state index < -0.39 is 5.91 Å². The number of hydrogen-bond donors (Lipinski definition) is 2. The van der Waals surface area contributed by atoms with Crippen LogP contribution in [0.4, 0.5) is 5.69 Å². The van der Waals surface area contributed by atoms with Gasteiger partial charge in [0.15, 0.2) is 6.61 Å². The predicted molar refractivity (Wildman–Crippen MR) is 87.0 cm³/mol. The molecule has 1 aromatic carbocycles. The fourth-order valence-corrected chi connectivity index (χ4v) is 3.23. The van der Waals surface area contributed by atoms with E-state index in [2.05, 4.69) is 32.2 Å². The van der Waals surface area contributed by atoms with Crippen molar-refractivity contribution < 1.29 is 9.53 Å².